The Morgan fingerprint density at radius 2 is 1.83 bits per heavy atom. The highest BCUT2D eigenvalue weighted by molar-refractivity contribution is 5.78. The molecule has 1 N–H and O–H groups in total. The fourth-order valence-electron chi connectivity index (χ4n) is 5.03. The smallest absolute Gasteiger partial charge is 0.354 e. The van der Waals surface area contributed by atoms with Gasteiger partial charge in [-0.1, -0.05) is 6.08 Å². The van der Waals surface area contributed by atoms with Crippen LogP contribution in [-0.2, 0) is 13.1 Å². The zero-order valence-corrected chi connectivity index (χ0v) is 20.5. The Bertz CT molecular complexity index is 1280. The van der Waals surface area contributed by atoms with E-state index in [1.165, 1.54) is 30.3 Å². The summed E-state index contributed by atoms with van der Waals surface area (Å²) in [6.07, 6.45) is 13.7. The maximum absolute atomic E-state index is 13.2. The van der Waals surface area contributed by atoms with E-state index in [0.717, 1.165) is 29.9 Å². The molecule has 3 aliphatic rings. The summed E-state index contributed by atoms with van der Waals surface area (Å²) in [6, 6.07) is 7.41. The van der Waals surface area contributed by atoms with Crippen molar-refractivity contribution in [1.82, 2.24) is 14.1 Å². The van der Waals surface area contributed by atoms with Crippen LogP contribution in [0.25, 0.3) is 0 Å². The van der Waals surface area contributed by atoms with E-state index >= 15 is 0 Å². The zero-order chi connectivity index (χ0) is 24.4. The molecular weight excluding hydrogens is 442 g/mol. The lowest BCUT2D eigenvalue weighted by molar-refractivity contribution is 0.233. The summed E-state index contributed by atoms with van der Waals surface area (Å²) < 4.78 is 8.80. The molecule has 2 aromatic rings. The first-order valence-electron chi connectivity index (χ1n) is 12.6. The van der Waals surface area contributed by atoms with E-state index < -0.39 is 5.69 Å². The van der Waals surface area contributed by atoms with Crippen LogP contribution in [0.5, 0.6) is 5.75 Å². The Kier molecular flexibility index (Phi) is 6.45. The molecule has 0 amide bonds. The van der Waals surface area contributed by atoms with Gasteiger partial charge in [-0.25, -0.2) is 14.2 Å². The van der Waals surface area contributed by atoms with Crippen LogP contribution in [-0.4, -0.2) is 20.3 Å². The third kappa shape index (κ3) is 5.31. The van der Waals surface area contributed by atoms with Gasteiger partial charge in [0.15, 0.2) is 0 Å². The molecule has 0 unspecified atom stereocenters. The predicted molar refractivity (Wildman–Crippen MR) is 137 cm³/mol. The summed E-state index contributed by atoms with van der Waals surface area (Å²) in [5, 5.41) is 3.21. The number of aromatic nitrogens is 3. The maximum atomic E-state index is 13.2. The van der Waals surface area contributed by atoms with Crippen molar-refractivity contribution in [2.75, 3.05) is 5.32 Å². The zero-order valence-electron chi connectivity index (χ0n) is 20.5. The summed E-state index contributed by atoms with van der Waals surface area (Å²) >= 11 is 0. The van der Waals surface area contributed by atoms with Crippen LogP contribution in [0.15, 0.2) is 62.5 Å². The highest BCUT2D eigenvalue weighted by Gasteiger charge is 2.44. The minimum absolute atomic E-state index is 0.298. The molecule has 0 saturated heterocycles. The van der Waals surface area contributed by atoms with Gasteiger partial charge in [-0.3, -0.25) is 9.56 Å². The first-order valence-corrected chi connectivity index (χ1v) is 12.6. The van der Waals surface area contributed by atoms with Crippen molar-refractivity contribution in [2.24, 2.45) is 16.3 Å². The molecule has 1 spiro atoms. The largest absolute Gasteiger partial charge is 0.460 e. The summed E-state index contributed by atoms with van der Waals surface area (Å²) in [5.41, 5.74) is 1.60. The van der Waals surface area contributed by atoms with Gasteiger partial charge in [-0.2, -0.15) is 4.98 Å². The summed E-state index contributed by atoms with van der Waals surface area (Å²) in [4.78, 5) is 34.2. The molecule has 5 rings (SSSR count). The fraction of sp³-hybridized carbons (Fsp3) is 0.481. The lowest BCUT2D eigenvalue weighted by Gasteiger charge is -2.29. The van der Waals surface area contributed by atoms with E-state index in [2.05, 4.69) is 21.4 Å². The van der Waals surface area contributed by atoms with Gasteiger partial charge >= 0.3 is 11.4 Å². The number of aliphatic imine (C=N–C) groups is 1. The molecule has 1 aliphatic heterocycles. The van der Waals surface area contributed by atoms with Gasteiger partial charge < -0.3 is 10.1 Å². The Labute approximate surface area is 205 Å². The number of benzene rings is 1. The predicted octanol–water partition coefficient (Wildman–Crippen LogP) is 4.78. The van der Waals surface area contributed by atoms with Crippen molar-refractivity contribution < 1.29 is 4.74 Å². The summed E-state index contributed by atoms with van der Waals surface area (Å²) in [6.45, 7) is 4.68. The molecule has 0 radical (unpaired) electrons. The van der Waals surface area contributed by atoms with E-state index in [9.17, 15) is 9.59 Å². The van der Waals surface area contributed by atoms with Crippen LogP contribution in [0.1, 0.15) is 58.8 Å². The molecule has 1 aromatic heterocycles. The van der Waals surface area contributed by atoms with Crippen LogP contribution < -0.4 is 21.4 Å². The number of nitrogens with one attached hydrogen (secondary N) is 1. The van der Waals surface area contributed by atoms with Crippen LogP contribution in [0.3, 0.4) is 0 Å². The number of rotatable bonds is 7. The molecule has 2 fully saturated rings. The minimum Gasteiger partial charge on any atom is -0.460 e. The summed E-state index contributed by atoms with van der Waals surface area (Å²) in [7, 11) is 0. The number of allylic oxidation sites excluding steroid dienone is 2. The van der Waals surface area contributed by atoms with Crippen molar-refractivity contribution in [3.63, 3.8) is 0 Å². The van der Waals surface area contributed by atoms with E-state index in [-0.39, 0.29) is 5.69 Å². The van der Waals surface area contributed by atoms with Crippen molar-refractivity contribution >= 4 is 17.9 Å². The van der Waals surface area contributed by atoms with Crippen LogP contribution in [0, 0.1) is 11.3 Å². The lowest BCUT2D eigenvalue weighted by Crippen LogP contribution is -2.43. The molecule has 1 aromatic carbocycles. The third-order valence-electron chi connectivity index (χ3n) is 7.51. The lowest BCUT2D eigenvalue weighted by atomic mass is 9.80. The van der Waals surface area contributed by atoms with Gasteiger partial charge in [-0.05, 0) is 93.5 Å². The SMILES string of the molecule is CCn1c(=O)nc(Nc2ccc(OC3=CN=CC(C)=CC3)cc2)n(CC2CCC3(CC2)CC3)c1=O. The van der Waals surface area contributed by atoms with Crippen molar-refractivity contribution in [3.8, 4) is 5.75 Å². The second kappa shape index (κ2) is 9.68. The topological polar surface area (TPSA) is 90.5 Å². The molecule has 184 valence electrons. The molecule has 8 heteroatoms. The average molecular weight is 476 g/mol. The first-order chi connectivity index (χ1) is 16.9. The Balaban J connectivity index is 1.33. The summed E-state index contributed by atoms with van der Waals surface area (Å²) in [5.74, 6) is 2.17. The molecule has 8 nitrogen and oxygen atoms in total. The molecule has 35 heavy (non-hydrogen) atoms. The van der Waals surface area contributed by atoms with Crippen molar-refractivity contribution in [2.45, 2.75) is 71.9 Å². The van der Waals surface area contributed by atoms with E-state index in [0.29, 0.717) is 42.5 Å². The molecule has 0 bridgehead atoms. The van der Waals surface area contributed by atoms with Gasteiger partial charge in [-0.15, -0.1) is 0 Å². The standard InChI is InChI=1S/C27H33N5O3/c1-3-31-25(33)30-24(32(26(31)34)18-20-10-12-27(13-11-20)14-15-27)29-21-5-8-22(9-6-21)35-23-7-4-19(2)16-28-17-23/h4-6,8-9,16-17,20H,3,7,10-15,18H2,1-2H3,(H,29,30,33). The fourth-order valence-corrected chi connectivity index (χ4v) is 5.03. The monoisotopic (exact) mass is 475 g/mol. The van der Waals surface area contributed by atoms with Gasteiger partial charge in [0.2, 0.25) is 5.95 Å². The molecular formula is C27H33N5O3. The highest BCUT2D eigenvalue weighted by atomic mass is 16.5. The number of hydrogen-bond donors (Lipinski definition) is 1. The Morgan fingerprint density at radius 3 is 2.51 bits per heavy atom. The molecule has 2 saturated carbocycles. The second-order valence-corrected chi connectivity index (χ2v) is 10.1. The normalized spacial score (nSPS) is 19.1. The van der Waals surface area contributed by atoms with Gasteiger partial charge in [0, 0.05) is 31.4 Å². The first kappa shape index (κ1) is 23.3. The third-order valence-corrected chi connectivity index (χ3v) is 7.51. The van der Waals surface area contributed by atoms with Crippen molar-refractivity contribution in [1.29, 1.82) is 0 Å². The van der Waals surface area contributed by atoms with Gasteiger partial charge in [0.05, 0.1) is 6.20 Å². The number of hydrogen-bond acceptors (Lipinski definition) is 6. The molecule has 0 atom stereocenters. The average Bonchev–Trinajstić information content (AvgIpc) is 3.64. The maximum Gasteiger partial charge on any atom is 0.354 e. The highest BCUT2D eigenvalue weighted by Crippen LogP contribution is 2.57. The molecule has 2 heterocycles. The van der Waals surface area contributed by atoms with E-state index in [1.54, 1.807) is 23.9 Å². The van der Waals surface area contributed by atoms with Gasteiger partial charge in [0.25, 0.3) is 0 Å². The second-order valence-electron chi connectivity index (χ2n) is 10.1. The van der Waals surface area contributed by atoms with Gasteiger partial charge in [0.1, 0.15) is 11.5 Å². The number of nitrogens with zero attached hydrogens (tertiary/aromatic N) is 4. The Hall–Kier alpha value is -3.42. The Morgan fingerprint density at radius 1 is 1.09 bits per heavy atom. The minimum atomic E-state index is -0.527. The van der Waals surface area contributed by atoms with E-state index in [1.807, 2.05) is 31.2 Å². The quantitative estimate of drug-likeness (QED) is 0.622. The molecule has 2 aliphatic carbocycles. The van der Waals surface area contributed by atoms with Crippen LogP contribution in [0.4, 0.5) is 11.6 Å². The number of anilines is 2. The van der Waals surface area contributed by atoms with Crippen LogP contribution >= 0.6 is 0 Å². The van der Waals surface area contributed by atoms with Crippen molar-refractivity contribution in [3.05, 3.63) is 68.8 Å². The number of ether oxygens (including phenoxy) is 1. The van der Waals surface area contributed by atoms with E-state index in [4.69, 9.17) is 4.74 Å². The van der Waals surface area contributed by atoms with Crippen LogP contribution in [0.2, 0.25) is 0 Å².